The predicted molar refractivity (Wildman–Crippen MR) is 110 cm³/mol. The van der Waals surface area contributed by atoms with Gasteiger partial charge in [-0.1, -0.05) is 36.4 Å². The summed E-state index contributed by atoms with van der Waals surface area (Å²) in [5.41, 5.74) is 5.89. The minimum absolute atomic E-state index is 0.194. The monoisotopic (exact) mass is 369 g/mol. The van der Waals surface area contributed by atoms with Crippen molar-refractivity contribution in [3.05, 3.63) is 95.4 Å². The maximum atomic E-state index is 13.5. The summed E-state index contributed by atoms with van der Waals surface area (Å²) in [6.45, 7) is 1.81. The Balaban J connectivity index is 1.57. The number of hydrogen-bond donors (Lipinski definition) is 1. The third kappa shape index (κ3) is 3.16. The SMILES string of the molecule is Fc1ccc2cc(C3CCNCc4cc(-c5cccnn5)ccc43)ccc2c1. The zero-order valence-corrected chi connectivity index (χ0v) is 15.4. The Morgan fingerprint density at radius 2 is 1.82 bits per heavy atom. The molecule has 4 heteroatoms. The van der Waals surface area contributed by atoms with Crippen LogP contribution in [-0.2, 0) is 6.54 Å². The van der Waals surface area contributed by atoms with E-state index in [0.29, 0.717) is 5.92 Å². The summed E-state index contributed by atoms with van der Waals surface area (Å²) in [6, 6.07) is 21.8. The highest BCUT2D eigenvalue weighted by molar-refractivity contribution is 5.83. The molecule has 0 bridgehead atoms. The van der Waals surface area contributed by atoms with Crippen molar-refractivity contribution in [2.75, 3.05) is 6.54 Å². The Hall–Kier alpha value is -3.11. The molecule has 0 amide bonds. The van der Waals surface area contributed by atoms with Crippen LogP contribution in [0.4, 0.5) is 4.39 Å². The Labute approximate surface area is 163 Å². The van der Waals surface area contributed by atoms with Gasteiger partial charge in [-0.25, -0.2) is 4.39 Å². The van der Waals surface area contributed by atoms with E-state index in [1.54, 1.807) is 12.3 Å². The van der Waals surface area contributed by atoms with Crippen LogP contribution in [0.15, 0.2) is 72.9 Å². The molecule has 0 radical (unpaired) electrons. The van der Waals surface area contributed by atoms with Gasteiger partial charge in [-0.3, -0.25) is 0 Å². The van der Waals surface area contributed by atoms with Crippen LogP contribution in [0.25, 0.3) is 22.0 Å². The first-order valence-electron chi connectivity index (χ1n) is 9.59. The molecule has 1 unspecified atom stereocenters. The first-order valence-corrected chi connectivity index (χ1v) is 9.59. The first-order chi connectivity index (χ1) is 13.8. The second-order valence-electron chi connectivity index (χ2n) is 7.29. The zero-order chi connectivity index (χ0) is 18.9. The fraction of sp³-hybridized carbons (Fsp3) is 0.167. The van der Waals surface area contributed by atoms with Gasteiger partial charge >= 0.3 is 0 Å². The second-order valence-corrected chi connectivity index (χ2v) is 7.29. The predicted octanol–water partition coefficient (Wildman–Crippen LogP) is 5.06. The number of aromatic nitrogens is 2. The fourth-order valence-electron chi connectivity index (χ4n) is 4.14. The first kappa shape index (κ1) is 17.0. The molecule has 0 saturated heterocycles. The molecule has 1 aromatic heterocycles. The molecule has 1 aliphatic heterocycles. The molecule has 0 spiro atoms. The van der Waals surface area contributed by atoms with Crippen molar-refractivity contribution in [1.82, 2.24) is 15.5 Å². The van der Waals surface area contributed by atoms with E-state index in [2.05, 4.69) is 45.8 Å². The Morgan fingerprint density at radius 1 is 0.929 bits per heavy atom. The molecule has 5 rings (SSSR count). The normalized spacial score (nSPS) is 16.5. The van der Waals surface area contributed by atoms with E-state index < -0.39 is 0 Å². The van der Waals surface area contributed by atoms with Crippen molar-refractivity contribution in [3.63, 3.8) is 0 Å². The Kier molecular flexibility index (Phi) is 4.34. The van der Waals surface area contributed by atoms with E-state index in [1.165, 1.54) is 22.8 Å². The maximum Gasteiger partial charge on any atom is 0.123 e. The fourth-order valence-corrected chi connectivity index (χ4v) is 4.14. The van der Waals surface area contributed by atoms with Gasteiger partial charge in [0, 0.05) is 24.2 Å². The molecule has 1 N–H and O–H groups in total. The molecular formula is C24H20FN3. The zero-order valence-electron chi connectivity index (χ0n) is 15.4. The largest absolute Gasteiger partial charge is 0.313 e. The van der Waals surface area contributed by atoms with Crippen LogP contribution < -0.4 is 5.32 Å². The van der Waals surface area contributed by atoms with Crippen LogP contribution in [0.3, 0.4) is 0 Å². The van der Waals surface area contributed by atoms with Gasteiger partial charge in [0.25, 0.3) is 0 Å². The quantitative estimate of drug-likeness (QED) is 0.537. The smallest absolute Gasteiger partial charge is 0.123 e. The van der Waals surface area contributed by atoms with Crippen molar-refractivity contribution in [2.45, 2.75) is 18.9 Å². The minimum Gasteiger partial charge on any atom is -0.313 e. The van der Waals surface area contributed by atoms with E-state index in [9.17, 15) is 4.39 Å². The summed E-state index contributed by atoms with van der Waals surface area (Å²) >= 11 is 0. The van der Waals surface area contributed by atoms with Crippen molar-refractivity contribution < 1.29 is 4.39 Å². The number of hydrogen-bond acceptors (Lipinski definition) is 3. The van der Waals surface area contributed by atoms with Crippen molar-refractivity contribution in [3.8, 4) is 11.3 Å². The van der Waals surface area contributed by atoms with Crippen LogP contribution in [0.2, 0.25) is 0 Å². The number of rotatable bonds is 2. The lowest BCUT2D eigenvalue weighted by atomic mass is 9.85. The summed E-state index contributed by atoms with van der Waals surface area (Å²) in [4.78, 5) is 0. The average Bonchev–Trinajstić information content (AvgIpc) is 2.96. The van der Waals surface area contributed by atoms with E-state index in [1.807, 2.05) is 24.3 Å². The van der Waals surface area contributed by atoms with E-state index in [0.717, 1.165) is 41.5 Å². The molecule has 138 valence electrons. The third-order valence-electron chi connectivity index (χ3n) is 5.54. The number of fused-ring (bicyclic) bond motifs is 2. The van der Waals surface area contributed by atoms with Gasteiger partial charge in [0.15, 0.2) is 0 Å². The molecule has 1 aliphatic rings. The van der Waals surface area contributed by atoms with E-state index in [-0.39, 0.29) is 5.82 Å². The number of benzene rings is 3. The number of nitrogens with zero attached hydrogens (tertiary/aromatic N) is 2. The summed E-state index contributed by atoms with van der Waals surface area (Å²) in [6.07, 6.45) is 2.72. The molecular weight excluding hydrogens is 349 g/mol. The van der Waals surface area contributed by atoms with Crippen LogP contribution in [0.5, 0.6) is 0 Å². The Bertz CT molecular complexity index is 1140. The molecule has 2 heterocycles. The number of halogens is 1. The second kappa shape index (κ2) is 7.13. The summed E-state index contributed by atoms with van der Waals surface area (Å²) in [5, 5.41) is 13.8. The van der Waals surface area contributed by atoms with Crippen LogP contribution >= 0.6 is 0 Å². The van der Waals surface area contributed by atoms with E-state index in [4.69, 9.17) is 0 Å². The van der Waals surface area contributed by atoms with Gasteiger partial charge in [-0.05, 0) is 70.8 Å². The molecule has 3 nitrogen and oxygen atoms in total. The highest BCUT2D eigenvalue weighted by Crippen LogP contribution is 2.35. The highest BCUT2D eigenvalue weighted by atomic mass is 19.1. The third-order valence-corrected chi connectivity index (χ3v) is 5.54. The van der Waals surface area contributed by atoms with Crippen LogP contribution in [0.1, 0.15) is 29.0 Å². The number of nitrogens with one attached hydrogen (secondary N) is 1. The molecule has 0 fully saturated rings. The molecule has 4 aromatic rings. The average molecular weight is 369 g/mol. The standard InChI is InChI=1S/C24H20FN3/c25-21-7-5-16-12-18(4-3-17(16)14-21)23-9-11-26-15-20-13-19(6-8-22(20)23)24-2-1-10-27-28-24/h1-8,10,12-14,23,26H,9,11,15H2. The molecule has 0 saturated carbocycles. The van der Waals surface area contributed by atoms with E-state index >= 15 is 0 Å². The lowest BCUT2D eigenvalue weighted by Crippen LogP contribution is -2.12. The van der Waals surface area contributed by atoms with Crippen LogP contribution in [0, 0.1) is 5.82 Å². The lowest BCUT2D eigenvalue weighted by Gasteiger charge is -2.19. The minimum atomic E-state index is -0.194. The van der Waals surface area contributed by atoms with Crippen molar-refractivity contribution in [1.29, 1.82) is 0 Å². The lowest BCUT2D eigenvalue weighted by molar-refractivity contribution is 0.629. The highest BCUT2D eigenvalue weighted by Gasteiger charge is 2.21. The Morgan fingerprint density at radius 3 is 2.71 bits per heavy atom. The van der Waals surface area contributed by atoms with Gasteiger partial charge in [0.05, 0.1) is 5.69 Å². The van der Waals surface area contributed by atoms with Crippen molar-refractivity contribution >= 4 is 10.8 Å². The molecule has 3 aromatic carbocycles. The maximum absolute atomic E-state index is 13.5. The summed E-state index contributed by atoms with van der Waals surface area (Å²) in [5.74, 6) is 0.121. The topological polar surface area (TPSA) is 37.8 Å². The molecule has 1 atom stereocenters. The van der Waals surface area contributed by atoms with Gasteiger partial charge in [-0.15, -0.1) is 0 Å². The summed E-state index contributed by atoms with van der Waals surface area (Å²) in [7, 11) is 0. The van der Waals surface area contributed by atoms with Crippen LogP contribution in [-0.4, -0.2) is 16.7 Å². The van der Waals surface area contributed by atoms with Gasteiger partial charge in [-0.2, -0.15) is 10.2 Å². The van der Waals surface area contributed by atoms with Gasteiger partial charge in [0.1, 0.15) is 5.82 Å². The van der Waals surface area contributed by atoms with Crippen molar-refractivity contribution in [2.24, 2.45) is 0 Å². The molecule has 28 heavy (non-hydrogen) atoms. The van der Waals surface area contributed by atoms with Gasteiger partial charge in [0.2, 0.25) is 0 Å². The van der Waals surface area contributed by atoms with Gasteiger partial charge < -0.3 is 5.32 Å². The summed E-state index contributed by atoms with van der Waals surface area (Å²) < 4.78 is 13.5. The molecule has 0 aliphatic carbocycles.